The fourth-order valence-electron chi connectivity index (χ4n) is 1.32. The summed E-state index contributed by atoms with van der Waals surface area (Å²) in [7, 11) is -3.91. The van der Waals surface area contributed by atoms with Gasteiger partial charge >= 0.3 is 0 Å². The summed E-state index contributed by atoms with van der Waals surface area (Å²) in [6, 6.07) is 3.14. The second kappa shape index (κ2) is 4.21. The van der Waals surface area contributed by atoms with Gasteiger partial charge in [0.15, 0.2) is 10.8 Å². The van der Waals surface area contributed by atoms with Crippen LogP contribution in [-0.2, 0) is 10.0 Å². The molecular weight excluding hydrogens is 310 g/mol. The highest BCUT2D eigenvalue weighted by molar-refractivity contribution is 9.10. The summed E-state index contributed by atoms with van der Waals surface area (Å²) in [5.41, 5.74) is 0.895. The van der Waals surface area contributed by atoms with Gasteiger partial charge in [0.2, 0.25) is 0 Å². The highest BCUT2D eigenvalue weighted by Gasteiger charge is 2.22. The molecule has 2 N–H and O–H groups in total. The Labute approximate surface area is 106 Å². The van der Waals surface area contributed by atoms with Gasteiger partial charge in [-0.2, -0.15) is 0 Å². The Bertz CT molecular complexity index is 666. The molecule has 0 bridgehead atoms. The lowest BCUT2D eigenvalue weighted by Gasteiger charge is -2.03. The third-order valence-electron chi connectivity index (χ3n) is 2.08. The second-order valence-electron chi connectivity index (χ2n) is 3.31. The van der Waals surface area contributed by atoms with Crippen LogP contribution >= 0.6 is 15.9 Å². The molecule has 0 spiro atoms. The maximum absolute atomic E-state index is 11.4. The minimum atomic E-state index is -3.91. The molecule has 0 unspecified atom stereocenters. The van der Waals surface area contributed by atoms with Crippen LogP contribution in [0.15, 0.2) is 32.4 Å². The van der Waals surface area contributed by atoms with Gasteiger partial charge in [0.05, 0.1) is 15.7 Å². The van der Waals surface area contributed by atoms with E-state index in [1.54, 1.807) is 19.1 Å². The molecule has 6 nitrogen and oxygen atoms in total. The molecule has 0 saturated heterocycles. The van der Waals surface area contributed by atoms with Gasteiger partial charge in [-0.1, -0.05) is 5.16 Å². The first-order valence-corrected chi connectivity index (χ1v) is 6.85. The van der Waals surface area contributed by atoms with E-state index in [-0.39, 0.29) is 10.6 Å². The SMILES string of the molecule is Cc1noc(-c2cccnc2S(N)(=O)=O)c1Br. The minimum Gasteiger partial charge on any atom is -0.355 e. The molecule has 2 aromatic heterocycles. The molecule has 8 heteroatoms. The van der Waals surface area contributed by atoms with Crippen molar-refractivity contribution < 1.29 is 12.9 Å². The van der Waals surface area contributed by atoms with Gasteiger partial charge in [-0.3, -0.25) is 0 Å². The predicted octanol–water partition coefficient (Wildman–Crippen LogP) is 1.45. The average molecular weight is 318 g/mol. The normalized spacial score (nSPS) is 11.7. The van der Waals surface area contributed by atoms with Gasteiger partial charge in [-0.05, 0) is 35.0 Å². The van der Waals surface area contributed by atoms with Crippen LogP contribution in [0.2, 0.25) is 0 Å². The van der Waals surface area contributed by atoms with Crippen LogP contribution in [0, 0.1) is 6.92 Å². The predicted molar refractivity (Wildman–Crippen MR) is 63.5 cm³/mol. The van der Waals surface area contributed by atoms with Gasteiger partial charge in [0.1, 0.15) is 0 Å². The molecule has 0 aliphatic rings. The summed E-state index contributed by atoms with van der Waals surface area (Å²) in [6.45, 7) is 1.73. The summed E-state index contributed by atoms with van der Waals surface area (Å²) in [4.78, 5) is 3.76. The fraction of sp³-hybridized carbons (Fsp3) is 0.111. The van der Waals surface area contributed by atoms with Gasteiger partial charge in [0, 0.05) is 6.20 Å². The number of primary sulfonamides is 1. The van der Waals surface area contributed by atoms with Crippen molar-refractivity contribution in [3.8, 4) is 11.3 Å². The molecule has 0 aliphatic carbocycles. The molecule has 0 radical (unpaired) electrons. The first kappa shape index (κ1) is 12.2. The highest BCUT2D eigenvalue weighted by Crippen LogP contribution is 2.33. The lowest BCUT2D eigenvalue weighted by molar-refractivity contribution is 0.425. The molecule has 90 valence electrons. The molecule has 0 atom stereocenters. The number of sulfonamides is 1. The largest absolute Gasteiger partial charge is 0.355 e. The first-order valence-electron chi connectivity index (χ1n) is 4.51. The van der Waals surface area contributed by atoms with Gasteiger partial charge < -0.3 is 4.52 Å². The molecule has 17 heavy (non-hydrogen) atoms. The van der Waals surface area contributed by atoms with E-state index in [4.69, 9.17) is 9.66 Å². The average Bonchev–Trinajstić information content (AvgIpc) is 2.59. The van der Waals surface area contributed by atoms with Crippen LogP contribution in [-0.4, -0.2) is 18.6 Å². The molecule has 2 aromatic rings. The molecule has 0 aliphatic heterocycles. The maximum Gasteiger partial charge on any atom is 0.256 e. The third-order valence-corrected chi connectivity index (χ3v) is 3.87. The smallest absolute Gasteiger partial charge is 0.256 e. The monoisotopic (exact) mass is 317 g/mol. The molecule has 0 aromatic carbocycles. The number of aryl methyl sites for hydroxylation is 1. The quantitative estimate of drug-likeness (QED) is 0.903. The van der Waals surface area contributed by atoms with Crippen LogP contribution in [0.25, 0.3) is 11.3 Å². The summed E-state index contributed by atoms with van der Waals surface area (Å²) < 4.78 is 28.4. The van der Waals surface area contributed by atoms with Crippen LogP contribution in [0.4, 0.5) is 0 Å². The number of rotatable bonds is 2. The van der Waals surface area contributed by atoms with Crippen LogP contribution in [0.3, 0.4) is 0 Å². The summed E-state index contributed by atoms with van der Waals surface area (Å²) >= 11 is 3.27. The summed E-state index contributed by atoms with van der Waals surface area (Å²) in [5, 5.41) is 8.58. The van der Waals surface area contributed by atoms with Crippen molar-refractivity contribution in [3.05, 3.63) is 28.5 Å². The Hall–Kier alpha value is -1.25. The van der Waals surface area contributed by atoms with Gasteiger partial charge in [-0.25, -0.2) is 18.5 Å². The van der Waals surface area contributed by atoms with Crippen molar-refractivity contribution in [2.45, 2.75) is 11.9 Å². The molecule has 0 fully saturated rings. The zero-order valence-electron chi connectivity index (χ0n) is 8.71. The Morgan fingerprint density at radius 3 is 2.71 bits per heavy atom. The zero-order valence-corrected chi connectivity index (χ0v) is 11.1. The van der Waals surface area contributed by atoms with E-state index in [9.17, 15) is 8.42 Å². The fourth-order valence-corrected chi connectivity index (χ4v) is 2.35. The standard InChI is InChI=1S/C9H8BrN3O3S/c1-5-7(10)8(16-13-5)6-3-2-4-12-9(6)17(11,14)15/h2-4H,1H3,(H2,11,14,15). The Morgan fingerprint density at radius 2 is 2.18 bits per heavy atom. The molecule has 0 amide bonds. The highest BCUT2D eigenvalue weighted by atomic mass is 79.9. The summed E-state index contributed by atoms with van der Waals surface area (Å²) in [6.07, 6.45) is 1.35. The lowest BCUT2D eigenvalue weighted by atomic mass is 10.2. The molecule has 2 heterocycles. The Kier molecular flexibility index (Phi) is 3.02. The van der Waals surface area contributed by atoms with E-state index in [1.165, 1.54) is 6.20 Å². The van der Waals surface area contributed by atoms with Gasteiger partial charge in [0.25, 0.3) is 10.0 Å². The van der Waals surface area contributed by atoms with E-state index in [0.29, 0.717) is 15.9 Å². The van der Waals surface area contributed by atoms with E-state index < -0.39 is 10.0 Å². The number of nitrogens with zero attached hydrogens (tertiary/aromatic N) is 2. The number of pyridine rings is 1. The van der Waals surface area contributed by atoms with Crippen molar-refractivity contribution in [2.24, 2.45) is 5.14 Å². The van der Waals surface area contributed by atoms with Crippen LogP contribution < -0.4 is 5.14 Å². The minimum absolute atomic E-state index is 0.239. The number of hydrogen-bond donors (Lipinski definition) is 1. The van der Waals surface area contributed by atoms with E-state index in [1.807, 2.05) is 0 Å². The zero-order chi connectivity index (χ0) is 12.6. The first-order chi connectivity index (χ1) is 7.91. The third kappa shape index (κ3) is 2.24. The van der Waals surface area contributed by atoms with Crippen molar-refractivity contribution in [1.29, 1.82) is 0 Å². The number of hydrogen-bond acceptors (Lipinski definition) is 5. The molecule has 0 saturated carbocycles. The molecular formula is C9H8BrN3O3S. The number of halogens is 1. The summed E-state index contributed by atoms with van der Waals surface area (Å²) in [5.74, 6) is 0.291. The van der Waals surface area contributed by atoms with Gasteiger partial charge in [-0.15, -0.1) is 0 Å². The Balaban J connectivity index is 2.73. The van der Waals surface area contributed by atoms with Crippen LogP contribution in [0.5, 0.6) is 0 Å². The van der Waals surface area contributed by atoms with E-state index in [2.05, 4.69) is 26.1 Å². The number of nitrogens with two attached hydrogens (primary N) is 1. The van der Waals surface area contributed by atoms with E-state index in [0.717, 1.165) is 0 Å². The van der Waals surface area contributed by atoms with Crippen LogP contribution in [0.1, 0.15) is 5.69 Å². The van der Waals surface area contributed by atoms with Crippen molar-refractivity contribution in [3.63, 3.8) is 0 Å². The lowest BCUT2D eigenvalue weighted by Crippen LogP contribution is -2.15. The van der Waals surface area contributed by atoms with Crippen molar-refractivity contribution >= 4 is 26.0 Å². The maximum atomic E-state index is 11.4. The second-order valence-corrected chi connectivity index (χ2v) is 5.58. The topological polar surface area (TPSA) is 99.1 Å². The molecule has 2 rings (SSSR count). The van der Waals surface area contributed by atoms with Crippen molar-refractivity contribution in [2.75, 3.05) is 0 Å². The van der Waals surface area contributed by atoms with Crippen molar-refractivity contribution in [1.82, 2.24) is 10.1 Å². The Morgan fingerprint density at radius 1 is 1.47 bits per heavy atom. The number of aromatic nitrogens is 2. The van der Waals surface area contributed by atoms with E-state index >= 15 is 0 Å².